The Kier molecular flexibility index (Phi) is 1.91. The Balaban J connectivity index is 2.64. The van der Waals surface area contributed by atoms with Gasteiger partial charge in [-0.2, -0.15) is 5.26 Å². The fraction of sp³-hybridized carbons (Fsp3) is 0.714. The smallest absolute Gasteiger partial charge is 0.180 e. The molecule has 0 saturated carbocycles. The minimum Gasteiger partial charge on any atom is -0.301 e. The quantitative estimate of drug-likeness (QED) is 0.392. The van der Waals surface area contributed by atoms with Gasteiger partial charge in [0.2, 0.25) is 0 Å². The Bertz CT molecular complexity index is 173. The first-order valence-electron chi connectivity index (χ1n) is 3.43. The number of carbonyl (C=O) groups excluding carboxylic acids is 1. The Morgan fingerprint density at radius 3 is 2.80 bits per heavy atom. The van der Waals surface area contributed by atoms with Crippen LogP contribution in [0.15, 0.2) is 0 Å². The van der Waals surface area contributed by atoms with E-state index in [9.17, 15) is 4.79 Å². The summed E-state index contributed by atoms with van der Waals surface area (Å²) in [6.45, 7) is 1.96. The molecule has 1 heterocycles. The number of carbonyl (C=O) groups is 1. The molecule has 0 aromatic rings. The van der Waals surface area contributed by atoms with Crippen LogP contribution in [0.1, 0.15) is 19.8 Å². The third-order valence-corrected chi connectivity index (χ3v) is 1.98. The van der Waals surface area contributed by atoms with E-state index in [1.54, 1.807) is 4.90 Å². The summed E-state index contributed by atoms with van der Waals surface area (Å²) in [5, 5.41) is 8.56. The second-order valence-corrected chi connectivity index (χ2v) is 2.64. The summed E-state index contributed by atoms with van der Waals surface area (Å²) in [6, 6.07) is 0.0974. The molecule has 0 spiro atoms. The minimum atomic E-state index is -0.153. The van der Waals surface area contributed by atoms with Crippen LogP contribution >= 0.6 is 0 Å². The normalized spacial score (nSPS) is 31.8. The van der Waals surface area contributed by atoms with Crippen LogP contribution in [0.25, 0.3) is 0 Å². The summed E-state index contributed by atoms with van der Waals surface area (Å²) >= 11 is 0. The van der Waals surface area contributed by atoms with Crippen molar-refractivity contribution < 1.29 is 4.79 Å². The molecule has 1 aliphatic heterocycles. The molecule has 1 saturated heterocycles. The zero-order valence-electron chi connectivity index (χ0n) is 5.95. The summed E-state index contributed by atoms with van der Waals surface area (Å²) < 4.78 is 0. The Hall–Kier alpha value is -1.04. The zero-order valence-corrected chi connectivity index (χ0v) is 5.95. The van der Waals surface area contributed by atoms with Gasteiger partial charge in [0, 0.05) is 6.04 Å². The molecular weight excluding hydrogens is 128 g/mol. The molecule has 0 aromatic heterocycles. The molecule has 1 aliphatic rings. The van der Waals surface area contributed by atoms with Crippen molar-refractivity contribution in [1.29, 1.82) is 5.26 Å². The Morgan fingerprint density at radius 1 is 1.70 bits per heavy atom. The first kappa shape index (κ1) is 7.07. The molecule has 2 atom stereocenters. The highest BCUT2D eigenvalue weighted by molar-refractivity contribution is 5.58. The maximum absolute atomic E-state index is 10.3. The summed E-state index contributed by atoms with van der Waals surface area (Å²) in [5.74, 6) is 0. The van der Waals surface area contributed by atoms with Crippen LogP contribution < -0.4 is 0 Å². The fourth-order valence-corrected chi connectivity index (χ4v) is 1.32. The Labute approximate surface area is 60.2 Å². The van der Waals surface area contributed by atoms with E-state index < -0.39 is 0 Å². The van der Waals surface area contributed by atoms with Crippen molar-refractivity contribution in [1.82, 2.24) is 4.90 Å². The molecule has 0 aliphatic carbocycles. The SMILES string of the molecule is CC1CCC(C=O)N1C#N. The van der Waals surface area contributed by atoms with Crippen molar-refractivity contribution in [3.8, 4) is 6.19 Å². The number of nitrogens with zero attached hydrogens (tertiary/aromatic N) is 2. The molecule has 0 radical (unpaired) electrons. The summed E-state index contributed by atoms with van der Waals surface area (Å²) in [4.78, 5) is 11.9. The van der Waals surface area contributed by atoms with Crippen molar-refractivity contribution >= 4 is 6.29 Å². The molecule has 0 aromatic carbocycles. The molecular formula is C7H10N2O. The van der Waals surface area contributed by atoms with E-state index in [-0.39, 0.29) is 12.1 Å². The monoisotopic (exact) mass is 138 g/mol. The van der Waals surface area contributed by atoms with Crippen LogP contribution in [0, 0.1) is 11.5 Å². The third-order valence-electron chi connectivity index (χ3n) is 1.98. The van der Waals surface area contributed by atoms with Gasteiger partial charge in [0.1, 0.15) is 6.29 Å². The van der Waals surface area contributed by atoms with Crippen molar-refractivity contribution in [3.63, 3.8) is 0 Å². The fourth-order valence-electron chi connectivity index (χ4n) is 1.32. The van der Waals surface area contributed by atoms with Crippen molar-refractivity contribution in [2.45, 2.75) is 31.8 Å². The van der Waals surface area contributed by atoms with Gasteiger partial charge in [-0.15, -0.1) is 0 Å². The standard InChI is InChI=1S/C7H10N2O/c1-6-2-3-7(4-10)9(6)5-8/h4,6-7H,2-3H2,1H3. The molecule has 2 unspecified atom stereocenters. The molecule has 0 bridgehead atoms. The van der Waals surface area contributed by atoms with Gasteiger partial charge in [-0.05, 0) is 19.8 Å². The number of hydrogen-bond donors (Lipinski definition) is 0. The molecule has 0 amide bonds. The lowest BCUT2D eigenvalue weighted by Crippen LogP contribution is -2.30. The van der Waals surface area contributed by atoms with E-state index in [4.69, 9.17) is 5.26 Å². The van der Waals surface area contributed by atoms with Gasteiger partial charge in [-0.1, -0.05) is 0 Å². The molecule has 1 fully saturated rings. The number of aldehydes is 1. The molecule has 3 heteroatoms. The van der Waals surface area contributed by atoms with Gasteiger partial charge in [0.25, 0.3) is 0 Å². The van der Waals surface area contributed by atoms with E-state index in [0.717, 1.165) is 19.1 Å². The average molecular weight is 138 g/mol. The van der Waals surface area contributed by atoms with Crippen molar-refractivity contribution in [2.24, 2.45) is 0 Å². The molecule has 10 heavy (non-hydrogen) atoms. The van der Waals surface area contributed by atoms with E-state index in [1.165, 1.54) is 0 Å². The van der Waals surface area contributed by atoms with Crippen molar-refractivity contribution in [3.05, 3.63) is 0 Å². The van der Waals surface area contributed by atoms with Crippen LogP contribution in [-0.2, 0) is 4.79 Å². The molecule has 1 rings (SSSR count). The maximum atomic E-state index is 10.3. The molecule has 54 valence electrons. The van der Waals surface area contributed by atoms with Gasteiger partial charge in [0.15, 0.2) is 6.19 Å². The van der Waals surface area contributed by atoms with Crippen LogP contribution in [0.3, 0.4) is 0 Å². The Morgan fingerprint density at radius 2 is 2.40 bits per heavy atom. The predicted octanol–water partition coefficient (Wildman–Crippen LogP) is 0.519. The first-order valence-corrected chi connectivity index (χ1v) is 3.43. The van der Waals surface area contributed by atoms with Crippen LogP contribution in [-0.4, -0.2) is 23.3 Å². The van der Waals surface area contributed by atoms with Gasteiger partial charge in [0.05, 0.1) is 6.04 Å². The highest BCUT2D eigenvalue weighted by atomic mass is 16.1. The highest BCUT2D eigenvalue weighted by Crippen LogP contribution is 2.20. The minimum absolute atomic E-state index is 0.153. The lowest BCUT2D eigenvalue weighted by atomic mass is 10.2. The predicted molar refractivity (Wildman–Crippen MR) is 36.0 cm³/mol. The largest absolute Gasteiger partial charge is 0.301 e. The third kappa shape index (κ3) is 0.971. The first-order chi connectivity index (χ1) is 4.79. The number of hydrogen-bond acceptors (Lipinski definition) is 3. The second-order valence-electron chi connectivity index (χ2n) is 2.64. The maximum Gasteiger partial charge on any atom is 0.180 e. The van der Waals surface area contributed by atoms with Crippen molar-refractivity contribution in [2.75, 3.05) is 0 Å². The molecule has 0 N–H and O–H groups in total. The van der Waals surface area contributed by atoms with Crippen LogP contribution in [0.5, 0.6) is 0 Å². The average Bonchev–Trinajstić information content (AvgIpc) is 2.30. The highest BCUT2D eigenvalue weighted by Gasteiger charge is 2.28. The lowest BCUT2D eigenvalue weighted by Gasteiger charge is -2.16. The topological polar surface area (TPSA) is 44.1 Å². The second kappa shape index (κ2) is 2.70. The summed E-state index contributed by atoms with van der Waals surface area (Å²) in [6.07, 6.45) is 4.66. The number of likely N-dealkylation sites (tertiary alicyclic amines) is 1. The van der Waals surface area contributed by atoms with E-state index in [1.807, 2.05) is 13.1 Å². The zero-order chi connectivity index (χ0) is 7.56. The van der Waals surface area contributed by atoms with Crippen LogP contribution in [0.2, 0.25) is 0 Å². The van der Waals surface area contributed by atoms with E-state index in [2.05, 4.69) is 0 Å². The number of nitriles is 1. The number of rotatable bonds is 1. The molecule has 3 nitrogen and oxygen atoms in total. The van der Waals surface area contributed by atoms with Gasteiger partial charge in [-0.25, -0.2) is 0 Å². The van der Waals surface area contributed by atoms with Gasteiger partial charge < -0.3 is 4.79 Å². The van der Waals surface area contributed by atoms with Gasteiger partial charge >= 0.3 is 0 Å². The summed E-state index contributed by atoms with van der Waals surface area (Å²) in [5.41, 5.74) is 0. The van der Waals surface area contributed by atoms with E-state index in [0.29, 0.717) is 0 Å². The van der Waals surface area contributed by atoms with E-state index >= 15 is 0 Å². The summed E-state index contributed by atoms with van der Waals surface area (Å²) in [7, 11) is 0. The van der Waals surface area contributed by atoms with Crippen LogP contribution in [0.4, 0.5) is 0 Å². The lowest BCUT2D eigenvalue weighted by molar-refractivity contribution is -0.111. The van der Waals surface area contributed by atoms with Gasteiger partial charge in [-0.3, -0.25) is 4.90 Å².